The summed E-state index contributed by atoms with van der Waals surface area (Å²) in [6.45, 7) is 3.48. The van der Waals surface area contributed by atoms with Crippen molar-refractivity contribution >= 4 is 6.08 Å². The van der Waals surface area contributed by atoms with E-state index in [1.165, 1.54) is 13.2 Å². The molecular weight excluding hydrogens is 156 g/mol. The van der Waals surface area contributed by atoms with Gasteiger partial charge in [-0.05, 0) is 12.1 Å². The number of phenolic OH excluding ortho intramolecular Hbond substituents is 2. The first-order valence-corrected chi connectivity index (χ1v) is 3.42. The van der Waals surface area contributed by atoms with E-state index >= 15 is 0 Å². The molecule has 3 heteroatoms. The van der Waals surface area contributed by atoms with Crippen LogP contribution in [0, 0.1) is 0 Å². The second-order valence-electron chi connectivity index (χ2n) is 2.26. The second kappa shape index (κ2) is 3.17. The number of ether oxygens (including phenoxy) is 1. The number of hydrogen-bond acceptors (Lipinski definition) is 3. The highest BCUT2D eigenvalue weighted by Gasteiger charge is 2.09. The first kappa shape index (κ1) is 8.46. The quantitative estimate of drug-likeness (QED) is 0.658. The van der Waals surface area contributed by atoms with Gasteiger partial charge in [0.15, 0.2) is 11.5 Å². The molecule has 0 unspecified atom stereocenters. The smallest absolute Gasteiger partial charge is 0.201 e. The minimum absolute atomic E-state index is 0.204. The van der Waals surface area contributed by atoms with Crippen LogP contribution in [0.1, 0.15) is 5.56 Å². The molecule has 0 aliphatic carbocycles. The Labute approximate surface area is 70.5 Å². The average molecular weight is 166 g/mol. The minimum Gasteiger partial charge on any atom is -0.504 e. The van der Waals surface area contributed by atoms with Gasteiger partial charge in [-0.1, -0.05) is 12.7 Å². The molecular formula is C9H10O3. The zero-order valence-electron chi connectivity index (χ0n) is 6.74. The summed E-state index contributed by atoms with van der Waals surface area (Å²) in [5.74, 6) is -0.211. The standard InChI is InChI=1S/C9H10O3/c1-3-6-4-5-7(12-2)9(11)8(6)10/h3-5,10-11H,1H2,2H3. The monoisotopic (exact) mass is 166 g/mol. The number of hydrogen-bond donors (Lipinski definition) is 2. The molecule has 0 amide bonds. The maximum atomic E-state index is 9.31. The average Bonchev–Trinajstić information content (AvgIpc) is 2.10. The van der Waals surface area contributed by atoms with Gasteiger partial charge in [0.05, 0.1) is 7.11 Å². The Morgan fingerprint density at radius 2 is 2.00 bits per heavy atom. The number of benzene rings is 1. The molecule has 0 aliphatic rings. The van der Waals surface area contributed by atoms with Crippen molar-refractivity contribution in [1.82, 2.24) is 0 Å². The van der Waals surface area contributed by atoms with Gasteiger partial charge in [-0.2, -0.15) is 0 Å². The number of aromatic hydroxyl groups is 2. The third kappa shape index (κ3) is 1.21. The van der Waals surface area contributed by atoms with Crippen LogP contribution < -0.4 is 4.74 Å². The molecule has 1 rings (SSSR count). The van der Waals surface area contributed by atoms with Crippen LogP contribution in [0.4, 0.5) is 0 Å². The van der Waals surface area contributed by atoms with Crippen molar-refractivity contribution in [2.45, 2.75) is 0 Å². The van der Waals surface area contributed by atoms with Gasteiger partial charge < -0.3 is 14.9 Å². The van der Waals surface area contributed by atoms with Gasteiger partial charge in [-0.25, -0.2) is 0 Å². The van der Waals surface area contributed by atoms with Crippen LogP contribution in [-0.2, 0) is 0 Å². The third-order valence-electron chi connectivity index (χ3n) is 1.59. The van der Waals surface area contributed by atoms with Gasteiger partial charge in [-0.3, -0.25) is 0 Å². The second-order valence-corrected chi connectivity index (χ2v) is 2.26. The molecule has 0 fully saturated rings. The van der Waals surface area contributed by atoms with Gasteiger partial charge in [0.1, 0.15) is 0 Å². The summed E-state index contributed by atoms with van der Waals surface area (Å²) >= 11 is 0. The summed E-state index contributed by atoms with van der Waals surface area (Å²) in [4.78, 5) is 0. The normalized spacial score (nSPS) is 9.42. The van der Waals surface area contributed by atoms with Crippen molar-refractivity contribution in [2.75, 3.05) is 7.11 Å². The lowest BCUT2D eigenvalue weighted by molar-refractivity contribution is 0.350. The summed E-state index contributed by atoms with van der Waals surface area (Å²) in [7, 11) is 1.42. The first-order chi connectivity index (χ1) is 5.70. The summed E-state index contributed by atoms with van der Waals surface area (Å²) in [6, 6.07) is 3.17. The predicted molar refractivity (Wildman–Crippen MR) is 46.4 cm³/mol. The van der Waals surface area contributed by atoms with E-state index in [0.717, 1.165) is 0 Å². The van der Waals surface area contributed by atoms with Crippen LogP contribution >= 0.6 is 0 Å². The Hall–Kier alpha value is -1.64. The van der Waals surface area contributed by atoms with Crippen molar-refractivity contribution in [1.29, 1.82) is 0 Å². The molecule has 0 saturated heterocycles. The lowest BCUT2D eigenvalue weighted by Crippen LogP contribution is -1.84. The first-order valence-electron chi connectivity index (χ1n) is 3.42. The van der Waals surface area contributed by atoms with Crippen molar-refractivity contribution in [3.63, 3.8) is 0 Å². The Morgan fingerprint density at radius 3 is 2.50 bits per heavy atom. The van der Waals surface area contributed by atoms with E-state index < -0.39 is 0 Å². The van der Waals surface area contributed by atoms with Gasteiger partial charge in [0.2, 0.25) is 5.75 Å². The lowest BCUT2D eigenvalue weighted by Gasteiger charge is -2.06. The van der Waals surface area contributed by atoms with E-state index in [9.17, 15) is 10.2 Å². The van der Waals surface area contributed by atoms with Gasteiger partial charge in [0, 0.05) is 5.56 Å². The fourth-order valence-corrected chi connectivity index (χ4v) is 0.906. The largest absolute Gasteiger partial charge is 0.504 e. The van der Waals surface area contributed by atoms with Crippen LogP contribution in [0.25, 0.3) is 6.08 Å². The van der Waals surface area contributed by atoms with Crippen LogP contribution in [0.3, 0.4) is 0 Å². The van der Waals surface area contributed by atoms with Crippen LogP contribution in [0.15, 0.2) is 18.7 Å². The van der Waals surface area contributed by atoms with Crippen molar-refractivity contribution < 1.29 is 14.9 Å². The van der Waals surface area contributed by atoms with E-state index in [1.54, 1.807) is 12.1 Å². The zero-order valence-corrected chi connectivity index (χ0v) is 6.74. The molecule has 0 spiro atoms. The van der Waals surface area contributed by atoms with E-state index in [-0.39, 0.29) is 17.2 Å². The molecule has 0 aromatic heterocycles. The van der Waals surface area contributed by atoms with Gasteiger partial charge in [0.25, 0.3) is 0 Å². The third-order valence-corrected chi connectivity index (χ3v) is 1.59. The van der Waals surface area contributed by atoms with E-state index in [2.05, 4.69) is 6.58 Å². The van der Waals surface area contributed by atoms with Crippen LogP contribution in [-0.4, -0.2) is 17.3 Å². The SMILES string of the molecule is C=Cc1ccc(OC)c(O)c1O. The molecule has 2 N–H and O–H groups in total. The molecule has 12 heavy (non-hydrogen) atoms. The predicted octanol–water partition coefficient (Wildman–Crippen LogP) is 1.75. The summed E-state index contributed by atoms with van der Waals surface area (Å²) in [5, 5.41) is 18.6. The lowest BCUT2D eigenvalue weighted by atomic mass is 10.2. The summed E-state index contributed by atoms with van der Waals surface area (Å²) in [5.41, 5.74) is 0.480. The number of rotatable bonds is 2. The topological polar surface area (TPSA) is 49.7 Å². The Bertz CT molecular complexity index is 305. The maximum absolute atomic E-state index is 9.31. The highest BCUT2D eigenvalue weighted by atomic mass is 16.5. The van der Waals surface area contributed by atoms with Crippen LogP contribution in [0.2, 0.25) is 0 Å². The van der Waals surface area contributed by atoms with Crippen molar-refractivity contribution in [2.24, 2.45) is 0 Å². The minimum atomic E-state index is -0.255. The Balaban J connectivity index is 3.29. The van der Waals surface area contributed by atoms with Crippen LogP contribution in [0.5, 0.6) is 17.2 Å². The van der Waals surface area contributed by atoms with E-state index in [4.69, 9.17) is 4.74 Å². The molecule has 0 radical (unpaired) electrons. The highest BCUT2D eigenvalue weighted by molar-refractivity contribution is 5.64. The number of phenols is 2. The molecule has 0 atom stereocenters. The highest BCUT2D eigenvalue weighted by Crippen LogP contribution is 2.37. The van der Waals surface area contributed by atoms with Gasteiger partial charge in [-0.15, -0.1) is 0 Å². The molecule has 0 bridgehead atoms. The van der Waals surface area contributed by atoms with Crippen molar-refractivity contribution in [3.8, 4) is 17.2 Å². The molecule has 0 saturated carbocycles. The Morgan fingerprint density at radius 1 is 1.33 bits per heavy atom. The number of methoxy groups -OCH3 is 1. The molecule has 3 nitrogen and oxygen atoms in total. The Kier molecular flexibility index (Phi) is 2.24. The summed E-state index contributed by atoms with van der Waals surface area (Å²) in [6.07, 6.45) is 1.45. The molecule has 1 aromatic carbocycles. The fraction of sp³-hybridized carbons (Fsp3) is 0.111. The zero-order chi connectivity index (χ0) is 9.14. The molecule has 1 aromatic rings. The summed E-state index contributed by atoms with van der Waals surface area (Å²) < 4.78 is 4.78. The van der Waals surface area contributed by atoms with E-state index in [0.29, 0.717) is 5.56 Å². The molecule has 64 valence electrons. The van der Waals surface area contributed by atoms with Crippen molar-refractivity contribution in [3.05, 3.63) is 24.3 Å². The maximum Gasteiger partial charge on any atom is 0.201 e. The molecule has 0 aliphatic heterocycles. The van der Waals surface area contributed by atoms with Gasteiger partial charge >= 0.3 is 0 Å². The fourth-order valence-electron chi connectivity index (χ4n) is 0.906. The van der Waals surface area contributed by atoms with E-state index in [1.807, 2.05) is 0 Å². The molecule has 0 heterocycles.